The second-order valence-electron chi connectivity index (χ2n) is 4.25. The van der Waals surface area contributed by atoms with Crippen LogP contribution in [0.5, 0.6) is 0 Å². The van der Waals surface area contributed by atoms with E-state index >= 15 is 0 Å². The summed E-state index contributed by atoms with van der Waals surface area (Å²) in [6.45, 7) is 0.994. The second-order valence-corrected chi connectivity index (χ2v) is 4.25. The highest BCUT2D eigenvalue weighted by Gasteiger charge is 2.00. The summed E-state index contributed by atoms with van der Waals surface area (Å²) < 4.78 is 0. The first-order valence-corrected chi connectivity index (χ1v) is 5.86. The Bertz CT molecular complexity index is 465. The number of nitrogen functional groups attached to an aromatic ring is 1. The van der Waals surface area contributed by atoms with E-state index in [-0.39, 0.29) is 0 Å². The van der Waals surface area contributed by atoms with Crippen molar-refractivity contribution in [2.24, 2.45) is 0 Å². The zero-order valence-corrected chi connectivity index (χ0v) is 10.1. The van der Waals surface area contributed by atoms with Crippen LogP contribution < -0.4 is 10.6 Å². The van der Waals surface area contributed by atoms with Gasteiger partial charge in [-0.1, -0.05) is 30.3 Å². The van der Waals surface area contributed by atoms with Gasteiger partial charge in [-0.2, -0.15) is 0 Å². The summed E-state index contributed by atoms with van der Waals surface area (Å²) in [6, 6.07) is 18.5. The molecule has 2 heteroatoms. The maximum Gasteiger partial charge on any atom is 0.0363 e. The fraction of sp³-hybridized carbons (Fsp3) is 0.200. The number of benzene rings is 2. The smallest absolute Gasteiger partial charge is 0.0363 e. The normalized spacial score (nSPS) is 10.2. The molecule has 0 bridgehead atoms. The lowest BCUT2D eigenvalue weighted by Crippen LogP contribution is -2.20. The minimum absolute atomic E-state index is 0.838. The number of likely N-dealkylation sites (N-methyl/N-ethyl adjacent to an activating group) is 1. The molecule has 0 saturated heterocycles. The molecule has 0 aliphatic carbocycles. The van der Waals surface area contributed by atoms with Gasteiger partial charge in [0.25, 0.3) is 0 Å². The Kier molecular flexibility index (Phi) is 3.66. The molecule has 2 rings (SSSR count). The summed E-state index contributed by atoms with van der Waals surface area (Å²) in [6.07, 6.45) is 1.01. The summed E-state index contributed by atoms with van der Waals surface area (Å²) >= 11 is 0. The van der Waals surface area contributed by atoms with Crippen LogP contribution in [0.3, 0.4) is 0 Å². The standard InChI is InChI=1S/C15H18N2/c1-17(15-8-3-2-4-9-15)11-10-13-6-5-7-14(16)12-13/h2-9,12H,10-11,16H2,1H3. The molecular weight excluding hydrogens is 208 g/mol. The minimum atomic E-state index is 0.838. The molecule has 0 heterocycles. The molecule has 0 atom stereocenters. The summed E-state index contributed by atoms with van der Waals surface area (Å²) in [7, 11) is 2.11. The van der Waals surface area contributed by atoms with Crippen LogP contribution in [0.4, 0.5) is 11.4 Å². The van der Waals surface area contributed by atoms with E-state index in [2.05, 4.69) is 42.3 Å². The van der Waals surface area contributed by atoms with E-state index in [0.717, 1.165) is 18.7 Å². The second kappa shape index (κ2) is 5.39. The molecule has 0 fully saturated rings. The third-order valence-electron chi connectivity index (χ3n) is 2.88. The van der Waals surface area contributed by atoms with Crippen molar-refractivity contribution in [3.05, 3.63) is 60.2 Å². The van der Waals surface area contributed by atoms with Gasteiger partial charge in [0.05, 0.1) is 0 Å². The Balaban J connectivity index is 1.95. The highest BCUT2D eigenvalue weighted by molar-refractivity contribution is 5.45. The molecule has 88 valence electrons. The van der Waals surface area contributed by atoms with E-state index in [0.29, 0.717) is 0 Å². The third-order valence-corrected chi connectivity index (χ3v) is 2.88. The van der Waals surface area contributed by atoms with Gasteiger partial charge in [-0.15, -0.1) is 0 Å². The van der Waals surface area contributed by atoms with E-state index in [1.807, 2.05) is 24.3 Å². The predicted octanol–water partition coefficient (Wildman–Crippen LogP) is 2.95. The van der Waals surface area contributed by atoms with Crippen LogP contribution in [0, 0.1) is 0 Å². The maximum absolute atomic E-state index is 5.76. The Morgan fingerprint density at radius 3 is 2.47 bits per heavy atom. The predicted molar refractivity (Wildman–Crippen MR) is 74.3 cm³/mol. The van der Waals surface area contributed by atoms with Crippen molar-refractivity contribution in [2.45, 2.75) is 6.42 Å². The Labute approximate surface area is 103 Å². The third kappa shape index (κ3) is 3.25. The van der Waals surface area contributed by atoms with Gasteiger partial charge < -0.3 is 10.6 Å². The van der Waals surface area contributed by atoms with Gasteiger partial charge >= 0.3 is 0 Å². The van der Waals surface area contributed by atoms with E-state index in [9.17, 15) is 0 Å². The maximum atomic E-state index is 5.76. The molecule has 0 unspecified atom stereocenters. The number of hydrogen-bond donors (Lipinski definition) is 1. The molecule has 0 radical (unpaired) electrons. The van der Waals surface area contributed by atoms with Crippen LogP contribution in [0.25, 0.3) is 0 Å². The minimum Gasteiger partial charge on any atom is -0.399 e. The number of nitrogens with two attached hydrogens (primary N) is 1. The molecule has 0 aliphatic heterocycles. The van der Waals surface area contributed by atoms with Gasteiger partial charge in [-0.3, -0.25) is 0 Å². The van der Waals surface area contributed by atoms with Crippen LogP contribution in [0.1, 0.15) is 5.56 Å². The van der Waals surface area contributed by atoms with Gasteiger partial charge in [0.2, 0.25) is 0 Å². The van der Waals surface area contributed by atoms with E-state index in [1.165, 1.54) is 11.3 Å². The number of anilines is 2. The molecule has 0 aliphatic rings. The summed E-state index contributed by atoms with van der Waals surface area (Å²) in [5.41, 5.74) is 9.13. The van der Waals surface area contributed by atoms with Gasteiger partial charge in [0.1, 0.15) is 0 Å². The molecule has 0 saturated carbocycles. The largest absolute Gasteiger partial charge is 0.399 e. The Hall–Kier alpha value is -1.96. The molecule has 2 nitrogen and oxygen atoms in total. The fourth-order valence-electron chi connectivity index (χ4n) is 1.86. The first kappa shape index (κ1) is 11.5. The highest BCUT2D eigenvalue weighted by atomic mass is 15.1. The summed E-state index contributed by atoms with van der Waals surface area (Å²) in [5.74, 6) is 0. The van der Waals surface area contributed by atoms with Crippen molar-refractivity contribution in [2.75, 3.05) is 24.2 Å². The van der Waals surface area contributed by atoms with Gasteiger partial charge in [0, 0.05) is 25.0 Å². The van der Waals surface area contributed by atoms with Crippen LogP contribution in [0.2, 0.25) is 0 Å². The van der Waals surface area contributed by atoms with Gasteiger partial charge in [0.15, 0.2) is 0 Å². The number of rotatable bonds is 4. The van der Waals surface area contributed by atoms with Crippen molar-refractivity contribution >= 4 is 11.4 Å². The van der Waals surface area contributed by atoms with Crippen molar-refractivity contribution in [3.63, 3.8) is 0 Å². The van der Waals surface area contributed by atoms with Gasteiger partial charge in [-0.05, 0) is 36.2 Å². The van der Waals surface area contributed by atoms with Crippen LogP contribution >= 0.6 is 0 Å². The topological polar surface area (TPSA) is 29.3 Å². The van der Waals surface area contributed by atoms with Crippen molar-refractivity contribution < 1.29 is 0 Å². The molecular formula is C15H18N2. The van der Waals surface area contributed by atoms with Gasteiger partial charge in [-0.25, -0.2) is 0 Å². The van der Waals surface area contributed by atoms with E-state index < -0.39 is 0 Å². The number of nitrogens with zero attached hydrogens (tertiary/aromatic N) is 1. The molecule has 2 aromatic carbocycles. The lowest BCUT2D eigenvalue weighted by Gasteiger charge is -2.19. The molecule has 0 spiro atoms. The van der Waals surface area contributed by atoms with E-state index in [1.54, 1.807) is 0 Å². The first-order chi connectivity index (χ1) is 8.25. The highest BCUT2D eigenvalue weighted by Crippen LogP contribution is 2.13. The van der Waals surface area contributed by atoms with E-state index in [4.69, 9.17) is 5.73 Å². The molecule has 17 heavy (non-hydrogen) atoms. The molecule has 0 amide bonds. The first-order valence-electron chi connectivity index (χ1n) is 5.86. The lowest BCUT2D eigenvalue weighted by atomic mass is 10.1. The quantitative estimate of drug-likeness (QED) is 0.812. The summed E-state index contributed by atoms with van der Waals surface area (Å²) in [5, 5.41) is 0. The lowest BCUT2D eigenvalue weighted by molar-refractivity contribution is 0.877. The SMILES string of the molecule is CN(CCc1cccc(N)c1)c1ccccc1. The van der Waals surface area contributed by atoms with Crippen LogP contribution in [-0.2, 0) is 6.42 Å². The Morgan fingerprint density at radius 2 is 1.76 bits per heavy atom. The Morgan fingerprint density at radius 1 is 1.00 bits per heavy atom. The number of para-hydroxylation sites is 1. The van der Waals surface area contributed by atoms with Crippen molar-refractivity contribution in [3.8, 4) is 0 Å². The molecule has 2 N–H and O–H groups in total. The zero-order valence-electron chi connectivity index (χ0n) is 10.1. The summed E-state index contributed by atoms with van der Waals surface area (Å²) in [4.78, 5) is 2.25. The molecule has 2 aromatic rings. The fourth-order valence-corrected chi connectivity index (χ4v) is 1.86. The van der Waals surface area contributed by atoms with Crippen LogP contribution in [-0.4, -0.2) is 13.6 Å². The molecule has 0 aromatic heterocycles. The van der Waals surface area contributed by atoms with Crippen molar-refractivity contribution in [1.82, 2.24) is 0 Å². The van der Waals surface area contributed by atoms with Crippen molar-refractivity contribution in [1.29, 1.82) is 0 Å². The zero-order chi connectivity index (χ0) is 12.1. The van der Waals surface area contributed by atoms with Crippen LogP contribution in [0.15, 0.2) is 54.6 Å². The monoisotopic (exact) mass is 226 g/mol. The average molecular weight is 226 g/mol. The average Bonchev–Trinajstić information content (AvgIpc) is 2.37. The number of hydrogen-bond acceptors (Lipinski definition) is 2.